The van der Waals surface area contributed by atoms with Crippen LogP contribution in [0.15, 0.2) is 16.7 Å². The summed E-state index contributed by atoms with van der Waals surface area (Å²) >= 11 is 7.78. The molecule has 0 bridgehead atoms. The summed E-state index contributed by atoms with van der Waals surface area (Å²) in [6, 6.07) is 1.00. The van der Waals surface area contributed by atoms with Crippen LogP contribution in [-0.4, -0.2) is 36.8 Å². The molecule has 0 radical (unpaired) electrons. The van der Waals surface area contributed by atoms with Crippen molar-refractivity contribution in [1.29, 1.82) is 0 Å². The lowest BCUT2D eigenvalue weighted by Crippen LogP contribution is -2.33. The molecule has 118 valence electrons. The van der Waals surface area contributed by atoms with Crippen molar-refractivity contribution < 1.29 is 17.9 Å². The minimum absolute atomic E-state index is 0.154. The Morgan fingerprint density at radius 2 is 2.14 bits per heavy atom. The van der Waals surface area contributed by atoms with Crippen LogP contribution in [-0.2, 0) is 10.9 Å². The number of thiocarbonyl (C=S) groups is 1. The molecule has 1 rings (SSSR count). The molecule has 1 heterocycles. The van der Waals surface area contributed by atoms with E-state index in [1.54, 1.807) is 0 Å². The summed E-state index contributed by atoms with van der Waals surface area (Å²) < 4.78 is 44.6. The summed E-state index contributed by atoms with van der Waals surface area (Å²) in [4.78, 5) is 5.60. The Morgan fingerprint density at radius 1 is 1.48 bits per heavy atom. The molecule has 21 heavy (non-hydrogen) atoms. The van der Waals surface area contributed by atoms with Gasteiger partial charge >= 0.3 is 6.18 Å². The highest BCUT2D eigenvalue weighted by atomic mass is 79.9. The van der Waals surface area contributed by atoms with Crippen LogP contribution in [0.2, 0.25) is 0 Å². The second-order valence-electron chi connectivity index (χ2n) is 4.22. The zero-order valence-electron chi connectivity index (χ0n) is 11.3. The number of nitrogens with two attached hydrogens (primary N) is 1. The van der Waals surface area contributed by atoms with Crippen molar-refractivity contribution in [3.8, 4) is 0 Å². The lowest BCUT2D eigenvalue weighted by atomic mass is 10.2. The van der Waals surface area contributed by atoms with E-state index in [0.717, 1.165) is 6.07 Å². The molecule has 0 saturated heterocycles. The molecular formula is C12H15BrF3N3OS. The Kier molecular flexibility index (Phi) is 6.82. The average Bonchev–Trinajstić information content (AvgIpc) is 2.38. The standard InChI is InChI=1S/C12H15BrF3N3OS/c1-20-5-4-19(3-2-10(17)21)11-9(12(14,15)16)6-8(13)7-18-11/h6-7H,2-5H2,1H3,(H2,17,21). The number of pyridine rings is 1. The van der Waals surface area contributed by atoms with E-state index in [1.807, 2.05) is 0 Å². The van der Waals surface area contributed by atoms with Gasteiger partial charge in [0, 0.05) is 37.3 Å². The number of ether oxygens (including phenoxy) is 1. The lowest BCUT2D eigenvalue weighted by Gasteiger charge is -2.26. The number of anilines is 1. The van der Waals surface area contributed by atoms with E-state index < -0.39 is 11.7 Å². The highest BCUT2D eigenvalue weighted by Crippen LogP contribution is 2.36. The number of methoxy groups -OCH3 is 1. The third kappa shape index (κ3) is 5.76. The highest BCUT2D eigenvalue weighted by molar-refractivity contribution is 9.10. The van der Waals surface area contributed by atoms with Crippen molar-refractivity contribution in [3.05, 3.63) is 22.3 Å². The van der Waals surface area contributed by atoms with Gasteiger partial charge in [-0.2, -0.15) is 13.2 Å². The van der Waals surface area contributed by atoms with Gasteiger partial charge in [0.05, 0.1) is 17.2 Å². The van der Waals surface area contributed by atoms with Crippen molar-refractivity contribution in [2.24, 2.45) is 5.73 Å². The maximum absolute atomic E-state index is 13.1. The van der Waals surface area contributed by atoms with Crippen LogP contribution < -0.4 is 10.6 Å². The van der Waals surface area contributed by atoms with Gasteiger partial charge in [-0.05, 0) is 22.0 Å². The molecule has 0 fully saturated rings. The smallest absolute Gasteiger partial charge is 0.393 e. The van der Waals surface area contributed by atoms with Crippen LogP contribution in [0.4, 0.5) is 19.0 Å². The van der Waals surface area contributed by atoms with Crippen molar-refractivity contribution in [2.45, 2.75) is 12.6 Å². The van der Waals surface area contributed by atoms with Crippen LogP contribution in [0.25, 0.3) is 0 Å². The normalized spacial score (nSPS) is 11.5. The van der Waals surface area contributed by atoms with Gasteiger partial charge in [0.1, 0.15) is 5.82 Å². The van der Waals surface area contributed by atoms with Crippen molar-refractivity contribution in [1.82, 2.24) is 4.98 Å². The summed E-state index contributed by atoms with van der Waals surface area (Å²) in [5, 5.41) is 0. The molecule has 4 nitrogen and oxygen atoms in total. The minimum Gasteiger partial charge on any atom is -0.393 e. The monoisotopic (exact) mass is 385 g/mol. The van der Waals surface area contributed by atoms with Crippen molar-refractivity contribution in [3.63, 3.8) is 0 Å². The first-order chi connectivity index (χ1) is 9.75. The van der Waals surface area contributed by atoms with Crippen LogP contribution in [0, 0.1) is 0 Å². The molecule has 2 N–H and O–H groups in total. The topological polar surface area (TPSA) is 51.4 Å². The molecule has 0 aliphatic heterocycles. The fraction of sp³-hybridized carbons (Fsp3) is 0.500. The Labute approximate surface area is 134 Å². The Bertz CT molecular complexity index is 499. The molecule has 0 spiro atoms. The van der Waals surface area contributed by atoms with Crippen LogP contribution in [0.5, 0.6) is 0 Å². The van der Waals surface area contributed by atoms with Crippen molar-refractivity contribution in [2.75, 3.05) is 31.7 Å². The number of nitrogens with zero attached hydrogens (tertiary/aromatic N) is 2. The molecule has 0 aliphatic rings. The zero-order chi connectivity index (χ0) is 16.0. The first-order valence-electron chi connectivity index (χ1n) is 6.00. The second kappa shape index (κ2) is 7.90. The molecule has 0 saturated carbocycles. The molecule has 0 unspecified atom stereocenters. The number of hydrogen-bond acceptors (Lipinski definition) is 4. The number of rotatable bonds is 7. The molecule has 1 aromatic rings. The molecular weight excluding hydrogens is 371 g/mol. The quantitative estimate of drug-likeness (QED) is 0.731. The van der Waals surface area contributed by atoms with Gasteiger partial charge < -0.3 is 15.4 Å². The largest absolute Gasteiger partial charge is 0.419 e. The number of hydrogen-bond donors (Lipinski definition) is 1. The van der Waals surface area contributed by atoms with E-state index in [-0.39, 0.29) is 35.0 Å². The lowest BCUT2D eigenvalue weighted by molar-refractivity contribution is -0.137. The SMILES string of the molecule is COCCN(CCC(N)=S)c1ncc(Br)cc1C(F)(F)F. The Balaban J connectivity index is 3.13. The van der Waals surface area contributed by atoms with E-state index in [0.29, 0.717) is 6.42 Å². The van der Waals surface area contributed by atoms with Gasteiger partial charge in [0.2, 0.25) is 0 Å². The summed E-state index contributed by atoms with van der Waals surface area (Å²) in [5.74, 6) is -0.154. The van der Waals surface area contributed by atoms with E-state index in [9.17, 15) is 13.2 Å². The van der Waals surface area contributed by atoms with E-state index >= 15 is 0 Å². The highest BCUT2D eigenvalue weighted by Gasteiger charge is 2.36. The fourth-order valence-electron chi connectivity index (χ4n) is 1.66. The zero-order valence-corrected chi connectivity index (χ0v) is 13.7. The summed E-state index contributed by atoms with van der Waals surface area (Å²) in [6.07, 6.45) is -2.88. The van der Waals surface area contributed by atoms with Gasteiger partial charge in [0.25, 0.3) is 0 Å². The number of alkyl halides is 3. The molecule has 0 aliphatic carbocycles. The van der Waals surface area contributed by atoms with Gasteiger partial charge in [0.15, 0.2) is 0 Å². The summed E-state index contributed by atoms with van der Waals surface area (Å²) in [7, 11) is 1.48. The molecule has 9 heteroatoms. The van der Waals surface area contributed by atoms with E-state index in [1.165, 1.54) is 18.2 Å². The van der Waals surface area contributed by atoms with E-state index in [2.05, 4.69) is 20.9 Å². The van der Waals surface area contributed by atoms with Gasteiger partial charge in [-0.15, -0.1) is 0 Å². The third-order valence-corrected chi connectivity index (χ3v) is 3.27. The first-order valence-corrected chi connectivity index (χ1v) is 7.20. The van der Waals surface area contributed by atoms with Crippen LogP contribution in [0.1, 0.15) is 12.0 Å². The number of halogens is 4. The Hall–Kier alpha value is -0.930. The predicted octanol–water partition coefficient (Wildman–Crippen LogP) is 2.99. The van der Waals surface area contributed by atoms with Crippen molar-refractivity contribution >= 4 is 39.0 Å². The maximum Gasteiger partial charge on any atom is 0.419 e. The maximum atomic E-state index is 13.1. The molecule has 1 aromatic heterocycles. The van der Waals surface area contributed by atoms with E-state index in [4.69, 9.17) is 22.7 Å². The van der Waals surface area contributed by atoms with Crippen LogP contribution >= 0.6 is 28.1 Å². The summed E-state index contributed by atoms with van der Waals surface area (Å²) in [6.45, 7) is 0.777. The fourth-order valence-corrected chi connectivity index (χ4v) is 2.09. The average molecular weight is 386 g/mol. The number of aromatic nitrogens is 1. The first kappa shape index (κ1) is 18.1. The molecule has 0 atom stereocenters. The van der Waals surface area contributed by atoms with Gasteiger partial charge in [-0.1, -0.05) is 12.2 Å². The van der Waals surface area contributed by atoms with Crippen LogP contribution in [0.3, 0.4) is 0 Å². The Morgan fingerprint density at radius 3 is 2.67 bits per heavy atom. The second-order valence-corrected chi connectivity index (χ2v) is 5.66. The van der Waals surface area contributed by atoms with Gasteiger partial charge in [-0.3, -0.25) is 0 Å². The minimum atomic E-state index is -4.50. The van der Waals surface area contributed by atoms with Gasteiger partial charge in [-0.25, -0.2) is 4.98 Å². The molecule has 0 aromatic carbocycles. The molecule has 0 amide bonds. The summed E-state index contributed by atoms with van der Waals surface area (Å²) in [5.41, 5.74) is 4.61. The predicted molar refractivity (Wildman–Crippen MR) is 82.4 cm³/mol. The third-order valence-electron chi connectivity index (χ3n) is 2.63.